The van der Waals surface area contributed by atoms with Crippen molar-refractivity contribution in [2.24, 2.45) is 17.6 Å². The first-order valence-corrected chi connectivity index (χ1v) is 9.02. The molecule has 0 bridgehead atoms. The first-order valence-electron chi connectivity index (χ1n) is 9.02. The van der Waals surface area contributed by atoms with Gasteiger partial charge in [-0.15, -0.1) is 0 Å². The Morgan fingerprint density at radius 3 is 2.38 bits per heavy atom. The molecular formula is C19H27N3O2. The highest BCUT2D eigenvalue weighted by molar-refractivity contribution is 5.94. The van der Waals surface area contributed by atoms with Gasteiger partial charge >= 0.3 is 0 Å². The summed E-state index contributed by atoms with van der Waals surface area (Å²) in [4.78, 5) is 29.2. The number of hydrogen-bond acceptors (Lipinski definition) is 3. The third kappa shape index (κ3) is 3.78. The molecule has 1 aromatic rings. The van der Waals surface area contributed by atoms with Gasteiger partial charge in [-0.1, -0.05) is 18.2 Å². The van der Waals surface area contributed by atoms with Gasteiger partial charge in [0.05, 0.1) is 5.92 Å². The quantitative estimate of drug-likeness (QED) is 0.918. The van der Waals surface area contributed by atoms with Crippen molar-refractivity contribution in [2.45, 2.75) is 25.7 Å². The van der Waals surface area contributed by atoms with E-state index in [-0.39, 0.29) is 17.7 Å². The van der Waals surface area contributed by atoms with E-state index < -0.39 is 0 Å². The molecule has 2 amide bonds. The van der Waals surface area contributed by atoms with Crippen LogP contribution in [0.3, 0.4) is 0 Å². The highest BCUT2D eigenvalue weighted by Crippen LogP contribution is 2.23. The first-order chi connectivity index (χ1) is 11.7. The second kappa shape index (κ2) is 7.79. The standard InChI is InChI=1S/C19H27N3O2/c20-13-15-8-11-21(12-9-15)19(24)17-7-4-10-22(14-17)18(23)16-5-2-1-3-6-16/h1-3,5-6,15,17H,4,7-14,20H2. The third-order valence-electron chi connectivity index (χ3n) is 5.34. The van der Waals surface area contributed by atoms with Crippen LogP contribution >= 0.6 is 0 Å². The van der Waals surface area contributed by atoms with Crippen molar-refractivity contribution in [2.75, 3.05) is 32.7 Å². The van der Waals surface area contributed by atoms with Crippen LogP contribution in [0, 0.1) is 11.8 Å². The summed E-state index contributed by atoms with van der Waals surface area (Å²) in [5.74, 6) is 0.753. The fraction of sp³-hybridized carbons (Fsp3) is 0.579. The second-order valence-electron chi connectivity index (χ2n) is 6.96. The van der Waals surface area contributed by atoms with Gasteiger partial charge in [-0.05, 0) is 50.3 Å². The monoisotopic (exact) mass is 329 g/mol. The van der Waals surface area contributed by atoms with Gasteiger partial charge in [0, 0.05) is 31.7 Å². The Labute approximate surface area is 143 Å². The zero-order valence-corrected chi connectivity index (χ0v) is 14.2. The van der Waals surface area contributed by atoms with Crippen molar-refractivity contribution in [3.8, 4) is 0 Å². The zero-order valence-electron chi connectivity index (χ0n) is 14.2. The highest BCUT2D eigenvalue weighted by Gasteiger charge is 2.32. The number of piperidine rings is 2. The summed E-state index contributed by atoms with van der Waals surface area (Å²) < 4.78 is 0. The van der Waals surface area contributed by atoms with Crippen LogP contribution in [0.5, 0.6) is 0 Å². The van der Waals surface area contributed by atoms with E-state index in [1.165, 1.54) is 0 Å². The fourth-order valence-corrected chi connectivity index (χ4v) is 3.77. The van der Waals surface area contributed by atoms with Crippen LogP contribution in [0.4, 0.5) is 0 Å². The molecule has 0 spiro atoms. The van der Waals surface area contributed by atoms with Gasteiger partial charge in [0.1, 0.15) is 0 Å². The van der Waals surface area contributed by atoms with Crippen molar-refractivity contribution in [1.29, 1.82) is 0 Å². The number of amides is 2. The van der Waals surface area contributed by atoms with Crippen molar-refractivity contribution in [3.05, 3.63) is 35.9 Å². The Bertz CT molecular complexity index is 567. The Morgan fingerprint density at radius 1 is 1.00 bits per heavy atom. The van der Waals surface area contributed by atoms with Crippen molar-refractivity contribution in [1.82, 2.24) is 9.80 Å². The molecule has 0 aromatic heterocycles. The van der Waals surface area contributed by atoms with Crippen LogP contribution in [0.25, 0.3) is 0 Å². The summed E-state index contributed by atoms with van der Waals surface area (Å²) in [5.41, 5.74) is 6.43. The highest BCUT2D eigenvalue weighted by atomic mass is 16.2. The minimum Gasteiger partial charge on any atom is -0.342 e. The van der Waals surface area contributed by atoms with Gasteiger partial charge < -0.3 is 15.5 Å². The molecule has 0 radical (unpaired) electrons. The van der Waals surface area contributed by atoms with Gasteiger partial charge in [0.25, 0.3) is 5.91 Å². The van der Waals surface area contributed by atoms with E-state index in [0.29, 0.717) is 24.6 Å². The van der Waals surface area contributed by atoms with Crippen LogP contribution in [0.2, 0.25) is 0 Å². The molecule has 0 aliphatic carbocycles. The van der Waals surface area contributed by atoms with Crippen LogP contribution in [-0.2, 0) is 4.79 Å². The van der Waals surface area contributed by atoms with E-state index in [0.717, 1.165) is 45.3 Å². The average molecular weight is 329 g/mol. The number of nitrogens with zero attached hydrogens (tertiary/aromatic N) is 2. The van der Waals surface area contributed by atoms with Gasteiger partial charge in [0.2, 0.25) is 5.91 Å². The molecule has 24 heavy (non-hydrogen) atoms. The summed E-state index contributed by atoms with van der Waals surface area (Å²) in [6, 6.07) is 9.34. The summed E-state index contributed by atoms with van der Waals surface area (Å²) >= 11 is 0. The number of likely N-dealkylation sites (tertiary alicyclic amines) is 2. The maximum absolute atomic E-state index is 12.8. The maximum Gasteiger partial charge on any atom is 0.253 e. The number of rotatable bonds is 3. The minimum absolute atomic E-state index is 0.0370. The third-order valence-corrected chi connectivity index (χ3v) is 5.34. The molecule has 1 unspecified atom stereocenters. The lowest BCUT2D eigenvalue weighted by Crippen LogP contribution is -2.49. The Balaban J connectivity index is 1.59. The lowest BCUT2D eigenvalue weighted by atomic mass is 9.92. The summed E-state index contributed by atoms with van der Waals surface area (Å²) in [6.07, 6.45) is 3.78. The Kier molecular flexibility index (Phi) is 5.51. The smallest absolute Gasteiger partial charge is 0.253 e. The van der Waals surface area contributed by atoms with Crippen molar-refractivity contribution >= 4 is 11.8 Å². The van der Waals surface area contributed by atoms with E-state index in [4.69, 9.17) is 5.73 Å². The van der Waals surface area contributed by atoms with Gasteiger partial charge in [-0.2, -0.15) is 0 Å². The second-order valence-corrected chi connectivity index (χ2v) is 6.96. The van der Waals surface area contributed by atoms with Crippen LogP contribution in [0.15, 0.2) is 30.3 Å². The lowest BCUT2D eigenvalue weighted by molar-refractivity contribution is -0.138. The molecule has 3 rings (SSSR count). The summed E-state index contributed by atoms with van der Waals surface area (Å²) in [5, 5.41) is 0. The summed E-state index contributed by atoms with van der Waals surface area (Å²) in [6.45, 7) is 3.62. The fourth-order valence-electron chi connectivity index (χ4n) is 3.77. The normalized spacial score (nSPS) is 22.5. The topological polar surface area (TPSA) is 66.6 Å². The van der Waals surface area contributed by atoms with Gasteiger partial charge in [-0.25, -0.2) is 0 Å². The largest absolute Gasteiger partial charge is 0.342 e. The molecule has 2 aliphatic heterocycles. The van der Waals surface area contributed by atoms with Crippen LogP contribution in [0.1, 0.15) is 36.0 Å². The molecule has 5 heteroatoms. The van der Waals surface area contributed by atoms with Crippen LogP contribution in [-0.4, -0.2) is 54.3 Å². The molecule has 2 fully saturated rings. The molecule has 1 atom stereocenters. The van der Waals surface area contributed by atoms with Crippen molar-refractivity contribution < 1.29 is 9.59 Å². The van der Waals surface area contributed by atoms with Crippen molar-refractivity contribution in [3.63, 3.8) is 0 Å². The molecule has 2 saturated heterocycles. The molecular weight excluding hydrogens is 302 g/mol. The number of carbonyl (C=O) groups is 2. The molecule has 2 heterocycles. The van der Waals surface area contributed by atoms with Crippen LogP contribution < -0.4 is 5.73 Å². The lowest BCUT2D eigenvalue weighted by Gasteiger charge is -2.37. The van der Waals surface area contributed by atoms with E-state index >= 15 is 0 Å². The molecule has 1 aromatic carbocycles. The molecule has 130 valence electrons. The SMILES string of the molecule is NCC1CCN(C(=O)C2CCCN(C(=O)c3ccccc3)C2)CC1. The Morgan fingerprint density at radius 2 is 1.71 bits per heavy atom. The predicted octanol–water partition coefficient (Wildman–Crippen LogP) is 1.74. The molecule has 5 nitrogen and oxygen atoms in total. The van der Waals surface area contributed by atoms with E-state index in [9.17, 15) is 9.59 Å². The van der Waals surface area contributed by atoms with E-state index in [2.05, 4.69) is 0 Å². The molecule has 2 aliphatic rings. The first kappa shape index (κ1) is 17.0. The number of hydrogen-bond donors (Lipinski definition) is 1. The molecule has 0 saturated carbocycles. The predicted molar refractivity (Wildman–Crippen MR) is 93.4 cm³/mol. The zero-order chi connectivity index (χ0) is 16.9. The maximum atomic E-state index is 12.8. The Hall–Kier alpha value is -1.88. The number of nitrogens with two attached hydrogens (primary N) is 1. The number of carbonyl (C=O) groups excluding carboxylic acids is 2. The minimum atomic E-state index is -0.0548. The van der Waals surface area contributed by atoms with E-state index in [1.807, 2.05) is 40.1 Å². The average Bonchev–Trinajstić information content (AvgIpc) is 2.67. The molecule has 2 N–H and O–H groups in total. The van der Waals surface area contributed by atoms with E-state index in [1.54, 1.807) is 0 Å². The van der Waals surface area contributed by atoms with Gasteiger partial charge in [0.15, 0.2) is 0 Å². The number of benzene rings is 1. The summed E-state index contributed by atoms with van der Waals surface area (Å²) in [7, 11) is 0. The van der Waals surface area contributed by atoms with Gasteiger partial charge in [-0.3, -0.25) is 9.59 Å².